The molecule has 0 unspecified atom stereocenters. The van der Waals surface area contributed by atoms with E-state index >= 15 is 0 Å². The molecule has 2 aromatic rings. The number of aryl methyl sites for hydroxylation is 1. The molecule has 34 heavy (non-hydrogen) atoms. The van der Waals surface area contributed by atoms with Gasteiger partial charge < -0.3 is 15.0 Å². The molecule has 2 aromatic carbocycles. The Balaban J connectivity index is 1.71. The van der Waals surface area contributed by atoms with Gasteiger partial charge in [-0.2, -0.15) is 4.31 Å². The molecule has 1 aliphatic rings. The minimum atomic E-state index is -3.69. The van der Waals surface area contributed by atoms with Crippen molar-refractivity contribution in [3.63, 3.8) is 0 Å². The topological polar surface area (TPSA) is 96.0 Å². The Morgan fingerprint density at radius 1 is 1.06 bits per heavy atom. The number of morpholine rings is 1. The Kier molecular flexibility index (Phi) is 8.46. The van der Waals surface area contributed by atoms with Crippen molar-refractivity contribution in [2.45, 2.75) is 51.2 Å². The summed E-state index contributed by atoms with van der Waals surface area (Å²) in [5, 5.41) is 2.85. The van der Waals surface area contributed by atoms with Gasteiger partial charge in [0.1, 0.15) is 6.54 Å². The highest BCUT2D eigenvalue weighted by atomic mass is 32.2. The fourth-order valence-corrected chi connectivity index (χ4v) is 5.62. The molecule has 1 fully saturated rings. The summed E-state index contributed by atoms with van der Waals surface area (Å²) in [5.41, 5.74) is 1.97. The molecule has 184 valence electrons. The van der Waals surface area contributed by atoms with Crippen molar-refractivity contribution in [2.24, 2.45) is 0 Å². The molecule has 0 saturated carbocycles. The quantitative estimate of drug-likeness (QED) is 0.617. The maximum absolute atomic E-state index is 13.1. The fraction of sp³-hybridized carbons (Fsp3) is 0.440. The molecule has 0 spiro atoms. The Bertz CT molecular complexity index is 1110. The summed E-state index contributed by atoms with van der Waals surface area (Å²) in [5.74, 6) is -0.606. The number of carbonyl (C=O) groups is 2. The first-order valence-corrected chi connectivity index (χ1v) is 13.0. The summed E-state index contributed by atoms with van der Waals surface area (Å²) in [4.78, 5) is 27.3. The number of para-hydroxylation sites is 1. The number of anilines is 1. The van der Waals surface area contributed by atoms with E-state index in [2.05, 4.69) is 5.32 Å². The molecule has 0 radical (unpaired) electrons. The van der Waals surface area contributed by atoms with E-state index in [1.807, 2.05) is 52.0 Å². The average Bonchev–Trinajstić information content (AvgIpc) is 2.79. The van der Waals surface area contributed by atoms with Gasteiger partial charge in [-0.05, 0) is 63.1 Å². The Labute approximate surface area is 201 Å². The van der Waals surface area contributed by atoms with Gasteiger partial charge in [0, 0.05) is 30.9 Å². The third kappa shape index (κ3) is 6.22. The van der Waals surface area contributed by atoms with E-state index in [0.717, 1.165) is 5.56 Å². The summed E-state index contributed by atoms with van der Waals surface area (Å²) >= 11 is 0. The van der Waals surface area contributed by atoms with Gasteiger partial charge in [-0.3, -0.25) is 9.59 Å². The van der Waals surface area contributed by atoms with Gasteiger partial charge in [-0.15, -0.1) is 0 Å². The maximum Gasteiger partial charge on any atom is 0.254 e. The van der Waals surface area contributed by atoms with Crippen molar-refractivity contribution < 1.29 is 22.7 Å². The van der Waals surface area contributed by atoms with E-state index in [4.69, 9.17) is 4.74 Å². The normalized spacial score (nSPS) is 18.9. The molecule has 0 aliphatic carbocycles. The van der Waals surface area contributed by atoms with Gasteiger partial charge in [0.25, 0.3) is 5.91 Å². The van der Waals surface area contributed by atoms with E-state index in [9.17, 15) is 18.0 Å². The zero-order valence-electron chi connectivity index (χ0n) is 20.2. The van der Waals surface area contributed by atoms with Crippen molar-refractivity contribution in [1.29, 1.82) is 0 Å². The molecule has 1 aliphatic heterocycles. The van der Waals surface area contributed by atoms with Crippen molar-refractivity contribution in [3.8, 4) is 0 Å². The Morgan fingerprint density at radius 2 is 1.68 bits per heavy atom. The van der Waals surface area contributed by atoms with Crippen LogP contribution in [0.5, 0.6) is 0 Å². The maximum atomic E-state index is 13.1. The minimum Gasteiger partial charge on any atom is -0.373 e. The van der Waals surface area contributed by atoms with Crippen LogP contribution in [0.25, 0.3) is 0 Å². The number of hydrogen-bond donors (Lipinski definition) is 1. The van der Waals surface area contributed by atoms with E-state index in [0.29, 0.717) is 24.2 Å². The third-order valence-corrected chi connectivity index (χ3v) is 7.51. The van der Waals surface area contributed by atoms with Crippen molar-refractivity contribution in [3.05, 3.63) is 59.7 Å². The van der Waals surface area contributed by atoms with Crippen molar-refractivity contribution in [2.75, 3.05) is 31.5 Å². The zero-order valence-corrected chi connectivity index (χ0v) is 21.0. The summed E-state index contributed by atoms with van der Waals surface area (Å²) in [6.45, 7) is 8.41. The largest absolute Gasteiger partial charge is 0.373 e. The number of ether oxygens (including phenoxy) is 1. The highest BCUT2D eigenvalue weighted by molar-refractivity contribution is 7.89. The molecule has 9 heteroatoms. The molecule has 3 rings (SSSR count). The average molecular weight is 488 g/mol. The van der Waals surface area contributed by atoms with Crippen molar-refractivity contribution in [1.82, 2.24) is 9.21 Å². The van der Waals surface area contributed by atoms with Gasteiger partial charge >= 0.3 is 0 Å². The van der Waals surface area contributed by atoms with Gasteiger partial charge in [0.05, 0.1) is 17.1 Å². The summed E-state index contributed by atoms with van der Waals surface area (Å²) < 4.78 is 33.2. The van der Waals surface area contributed by atoms with Crippen LogP contribution < -0.4 is 5.32 Å². The van der Waals surface area contributed by atoms with Crippen LogP contribution >= 0.6 is 0 Å². The van der Waals surface area contributed by atoms with Crippen molar-refractivity contribution >= 4 is 27.5 Å². The second-order valence-electron chi connectivity index (χ2n) is 8.69. The highest BCUT2D eigenvalue weighted by Gasteiger charge is 2.32. The fourth-order valence-electron chi connectivity index (χ4n) is 4.03. The summed E-state index contributed by atoms with van der Waals surface area (Å²) in [7, 11) is -3.69. The monoisotopic (exact) mass is 487 g/mol. The van der Waals surface area contributed by atoms with E-state index in [1.54, 1.807) is 0 Å². The number of nitrogens with one attached hydrogen (secondary N) is 1. The summed E-state index contributed by atoms with van der Waals surface area (Å²) in [6.07, 6.45) is 0.309. The first kappa shape index (κ1) is 25.9. The number of rotatable bonds is 8. The predicted octanol–water partition coefficient (Wildman–Crippen LogP) is 3.28. The lowest BCUT2D eigenvalue weighted by Crippen LogP contribution is -2.48. The molecule has 2 amide bonds. The standard InChI is InChI=1S/C25H33N3O5S/c1-5-14-27(17-24(29)26-23-9-7-6-8-18(23)2)25(30)21-10-12-22(13-11-21)34(31,32)28-15-19(3)33-20(4)16-28/h6-13,19-20H,5,14-17H2,1-4H3,(H,26,29)/t19-,20+. The van der Waals surface area contributed by atoms with Crippen LogP contribution in [-0.2, 0) is 19.6 Å². The van der Waals surface area contributed by atoms with Gasteiger partial charge in [0.2, 0.25) is 15.9 Å². The first-order valence-electron chi connectivity index (χ1n) is 11.5. The summed E-state index contributed by atoms with van der Waals surface area (Å²) in [6, 6.07) is 13.4. The molecule has 2 atom stereocenters. The van der Waals surface area contributed by atoms with Crippen LogP contribution in [0.2, 0.25) is 0 Å². The lowest BCUT2D eigenvalue weighted by atomic mass is 10.2. The first-order chi connectivity index (χ1) is 16.1. The molecule has 1 N–H and O–H groups in total. The highest BCUT2D eigenvalue weighted by Crippen LogP contribution is 2.22. The smallest absolute Gasteiger partial charge is 0.254 e. The number of amides is 2. The van der Waals surface area contributed by atoms with Crippen LogP contribution in [0.1, 0.15) is 43.1 Å². The number of sulfonamides is 1. The number of hydrogen-bond acceptors (Lipinski definition) is 5. The second kappa shape index (κ2) is 11.1. The second-order valence-corrected chi connectivity index (χ2v) is 10.6. The van der Waals surface area contributed by atoms with E-state index in [-0.39, 0.29) is 48.6 Å². The molecular formula is C25H33N3O5S. The lowest BCUT2D eigenvalue weighted by molar-refractivity contribution is -0.116. The SMILES string of the molecule is CCCN(CC(=O)Nc1ccccc1C)C(=O)c1ccc(S(=O)(=O)N2C[C@@H](C)O[C@@H](C)C2)cc1. The number of benzene rings is 2. The number of nitrogens with zero attached hydrogens (tertiary/aromatic N) is 2. The van der Waals surface area contributed by atoms with E-state index < -0.39 is 10.0 Å². The zero-order chi connectivity index (χ0) is 24.9. The van der Waals surface area contributed by atoms with Crippen LogP contribution in [0, 0.1) is 6.92 Å². The molecule has 1 heterocycles. The lowest BCUT2D eigenvalue weighted by Gasteiger charge is -2.34. The minimum absolute atomic E-state index is 0.0926. The molecular weight excluding hydrogens is 454 g/mol. The Hall–Kier alpha value is -2.75. The molecule has 0 aromatic heterocycles. The van der Waals surface area contributed by atoms with Crippen LogP contribution in [-0.4, -0.2) is 67.8 Å². The molecule has 1 saturated heterocycles. The van der Waals surface area contributed by atoms with Crippen LogP contribution in [0.4, 0.5) is 5.69 Å². The predicted molar refractivity (Wildman–Crippen MR) is 131 cm³/mol. The van der Waals surface area contributed by atoms with E-state index in [1.165, 1.54) is 33.5 Å². The van der Waals surface area contributed by atoms with Crippen LogP contribution in [0.15, 0.2) is 53.4 Å². The Morgan fingerprint density at radius 3 is 2.26 bits per heavy atom. The van der Waals surface area contributed by atoms with Gasteiger partial charge in [0.15, 0.2) is 0 Å². The van der Waals surface area contributed by atoms with Gasteiger partial charge in [-0.1, -0.05) is 25.1 Å². The third-order valence-electron chi connectivity index (χ3n) is 5.66. The molecule has 8 nitrogen and oxygen atoms in total. The van der Waals surface area contributed by atoms with Gasteiger partial charge in [-0.25, -0.2) is 8.42 Å². The van der Waals surface area contributed by atoms with Crippen LogP contribution in [0.3, 0.4) is 0 Å². The molecule has 0 bridgehead atoms. The number of carbonyl (C=O) groups excluding carboxylic acids is 2.